The minimum absolute atomic E-state index is 0. The highest BCUT2D eigenvalue weighted by Gasteiger charge is 1.96. The molecular weight excluding hydrogens is 168 g/mol. The summed E-state index contributed by atoms with van der Waals surface area (Å²) >= 11 is 0. The number of aryl methyl sites for hydroxylation is 2. The van der Waals surface area contributed by atoms with Gasteiger partial charge in [-0.25, -0.2) is 0 Å². The second-order valence-electron chi connectivity index (χ2n) is 2.87. The molecule has 82 valence electrons. The molecule has 0 atom stereocenters. The van der Waals surface area contributed by atoms with Gasteiger partial charge in [-0.2, -0.15) is 0 Å². The first-order valence-electron chi connectivity index (χ1n) is 5.45. The van der Waals surface area contributed by atoms with Crippen LogP contribution in [0.25, 0.3) is 0 Å². The summed E-state index contributed by atoms with van der Waals surface area (Å²) in [7, 11) is 0. The highest BCUT2D eigenvalue weighted by Crippen LogP contribution is 2.10. The molecule has 1 aromatic rings. The molecular formula is C14H26. The van der Waals surface area contributed by atoms with Crippen molar-refractivity contribution in [2.75, 3.05) is 0 Å². The van der Waals surface area contributed by atoms with Crippen molar-refractivity contribution in [1.82, 2.24) is 0 Å². The first-order valence-corrected chi connectivity index (χ1v) is 5.45. The van der Waals surface area contributed by atoms with Crippen molar-refractivity contribution in [3.8, 4) is 0 Å². The molecule has 0 unspecified atom stereocenters. The van der Waals surface area contributed by atoms with Gasteiger partial charge in [0, 0.05) is 0 Å². The Labute approximate surface area is 90.4 Å². The minimum atomic E-state index is 0. The Morgan fingerprint density at radius 2 is 1.43 bits per heavy atom. The van der Waals surface area contributed by atoms with Crippen molar-refractivity contribution in [1.29, 1.82) is 0 Å². The van der Waals surface area contributed by atoms with Crippen LogP contribution in [0.2, 0.25) is 0 Å². The summed E-state index contributed by atoms with van der Waals surface area (Å²) in [4.78, 5) is 0. The van der Waals surface area contributed by atoms with Crippen LogP contribution in [0.5, 0.6) is 0 Å². The van der Waals surface area contributed by atoms with E-state index in [9.17, 15) is 0 Å². The topological polar surface area (TPSA) is 0 Å². The van der Waals surface area contributed by atoms with Crippen LogP contribution in [0.4, 0.5) is 0 Å². The molecule has 0 aliphatic carbocycles. The smallest absolute Gasteiger partial charge is 0.0279 e. The summed E-state index contributed by atoms with van der Waals surface area (Å²) < 4.78 is 0. The second kappa shape index (κ2) is 10.3. The predicted octanol–water partition coefficient (Wildman–Crippen LogP) is 4.86. The lowest BCUT2D eigenvalue weighted by Gasteiger charge is -2.04. The summed E-state index contributed by atoms with van der Waals surface area (Å²) in [6.45, 7) is 8.45. The van der Waals surface area contributed by atoms with Crippen molar-refractivity contribution < 1.29 is 0 Å². The molecule has 0 saturated heterocycles. The van der Waals surface area contributed by atoms with Crippen LogP contribution in [-0.4, -0.2) is 0 Å². The molecule has 0 radical (unpaired) electrons. The van der Waals surface area contributed by atoms with Gasteiger partial charge >= 0.3 is 0 Å². The molecule has 14 heavy (non-hydrogen) atoms. The summed E-state index contributed by atoms with van der Waals surface area (Å²) in [6, 6.07) is 8.72. The van der Waals surface area contributed by atoms with Crippen molar-refractivity contribution in [2.45, 2.75) is 54.4 Å². The fourth-order valence-electron chi connectivity index (χ4n) is 1.42. The van der Waals surface area contributed by atoms with Crippen LogP contribution in [0.3, 0.4) is 0 Å². The first-order chi connectivity index (χ1) is 6.38. The molecule has 0 N–H and O–H groups in total. The molecule has 0 fully saturated rings. The molecule has 1 rings (SSSR count). The van der Waals surface area contributed by atoms with Gasteiger partial charge in [0.25, 0.3) is 0 Å². The zero-order chi connectivity index (χ0) is 10.1. The van der Waals surface area contributed by atoms with Crippen molar-refractivity contribution in [2.24, 2.45) is 0 Å². The number of rotatable bonds is 3. The van der Waals surface area contributed by atoms with E-state index < -0.39 is 0 Å². The Kier molecular flexibility index (Phi) is 11.5. The van der Waals surface area contributed by atoms with E-state index in [0.717, 1.165) is 6.42 Å². The Bertz CT molecular complexity index is 213. The quantitative estimate of drug-likeness (QED) is 0.644. The standard InChI is InChI=1S/C11H16.C2H6.CH4/c1-3-7-11-9-6-5-8-10(11)4-2;1-2;/h5-6,8-9H,3-4,7H2,1-2H3;1-2H3;1H4. The second-order valence-corrected chi connectivity index (χ2v) is 2.87. The Hall–Kier alpha value is -0.780. The van der Waals surface area contributed by atoms with Gasteiger partial charge < -0.3 is 0 Å². The zero-order valence-corrected chi connectivity index (χ0v) is 9.43. The normalized spacial score (nSPS) is 8.29. The van der Waals surface area contributed by atoms with E-state index in [2.05, 4.69) is 38.1 Å². The van der Waals surface area contributed by atoms with Gasteiger partial charge in [0.05, 0.1) is 0 Å². The lowest BCUT2D eigenvalue weighted by Crippen LogP contribution is -1.90. The van der Waals surface area contributed by atoms with Crippen molar-refractivity contribution >= 4 is 0 Å². The van der Waals surface area contributed by atoms with Crippen LogP contribution < -0.4 is 0 Å². The average molecular weight is 194 g/mol. The highest BCUT2D eigenvalue weighted by atomic mass is 14.0. The van der Waals surface area contributed by atoms with Gasteiger partial charge in [0.2, 0.25) is 0 Å². The molecule has 0 heterocycles. The molecule has 0 bridgehead atoms. The molecule has 0 aliphatic rings. The fourth-order valence-corrected chi connectivity index (χ4v) is 1.42. The summed E-state index contributed by atoms with van der Waals surface area (Å²) in [5, 5.41) is 0. The highest BCUT2D eigenvalue weighted by molar-refractivity contribution is 5.26. The summed E-state index contributed by atoms with van der Waals surface area (Å²) in [6.07, 6.45) is 3.64. The predicted molar refractivity (Wildman–Crippen MR) is 67.9 cm³/mol. The SMILES string of the molecule is C.CC.CCCc1ccccc1CC. The van der Waals surface area contributed by atoms with Gasteiger partial charge in [0.1, 0.15) is 0 Å². The van der Waals surface area contributed by atoms with E-state index in [4.69, 9.17) is 0 Å². The maximum Gasteiger partial charge on any atom is -0.0279 e. The molecule has 0 spiro atoms. The van der Waals surface area contributed by atoms with Gasteiger partial charge in [-0.1, -0.05) is 65.8 Å². The van der Waals surface area contributed by atoms with Gasteiger partial charge in [-0.15, -0.1) is 0 Å². The molecule has 0 nitrogen and oxygen atoms in total. The maximum absolute atomic E-state index is 2.24. The van der Waals surface area contributed by atoms with Gasteiger partial charge in [-0.05, 0) is 24.0 Å². The monoisotopic (exact) mass is 194 g/mol. The maximum atomic E-state index is 2.24. The third-order valence-corrected chi connectivity index (χ3v) is 2.02. The van der Waals surface area contributed by atoms with Crippen LogP contribution in [0, 0.1) is 0 Å². The largest absolute Gasteiger partial charge is 0.0776 e. The van der Waals surface area contributed by atoms with E-state index in [0.29, 0.717) is 0 Å². The van der Waals surface area contributed by atoms with Crippen molar-refractivity contribution in [3.05, 3.63) is 35.4 Å². The number of hydrogen-bond donors (Lipinski definition) is 0. The van der Waals surface area contributed by atoms with E-state index in [1.165, 1.54) is 24.0 Å². The number of benzene rings is 1. The van der Waals surface area contributed by atoms with Crippen LogP contribution in [0.1, 0.15) is 52.7 Å². The molecule has 1 aromatic carbocycles. The van der Waals surface area contributed by atoms with Crippen LogP contribution in [-0.2, 0) is 12.8 Å². The van der Waals surface area contributed by atoms with E-state index >= 15 is 0 Å². The first kappa shape index (κ1) is 15.7. The fraction of sp³-hybridized carbons (Fsp3) is 0.571. The summed E-state index contributed by atoms with van der Waals surface area (Å²) in [5.41, 5.74) is 3.03. The molecule has 0 saturated carbocycles. The number of hydrogen-bond acceptors (Lipinski definition) is 0. The third kappa shape index (κ3) is 5.06. The minimum Gasteiger partial charge on any atom is -0.0776 e. The zero-order valence-electron chi connectivity index (χ0n) is 9.43. The molecule has 0 heteroatoms. The van der Waals surface area contributed by atoms with Gasteiger partial charge in [0.15, 0.2) is 0 Å². The van der Waals surface area contributed by atoms with Crippen molar-refractivity contribution in [3.63, 3.8) is 0 Å². The summed E-state index contributed by atoms with van der Waals surface area (Å²) in [5.74, 6) is 0. The third-order valence-electron chi connectivity index (χ3n) is 2.02. The molecule has 0 aromatic heterocycles. The van der Waals surface area contributed by atoms with Gasteiger partial charge in [-0.3, -0.25) is 0 Å². The lowest BCUT2D eigenvalue weighted by molar-refractivity contribution is 0.899. The van der Waals surface area contributed by atoms with E-state index in [1.807, 2.05) is 13.8 Å². The van der Waals surface area contributed by atoms with Crippen LogP contribution in [0.15, 0.2) is 24.3 Å². The lowest BCUT2D eigenvalue weighted by atomic mass is 10.0. The Balaban J connectivity index is 0. The molecule has 0 amide bonds. The van der Waals surface area contributed by atoms with Crippen LogP contribution >= 0.6 is 0 Å². The Morgan fingerprint density at radius 3 is 1.86 bits per heavy atom. The van der Waals surface area contributed by atoms with E-state index in [-0.39, 0.29) is 7.43 Å². The average Bonchev–Trinajstić information content (AvgIpc) is 2.22. The Morgan fingerprint density at radius 1 is 0.929 bits per heavy atom. The molecule has 0 aliphatic heterocycles. The van der Waals surface area contributed by atoms with E-state index in [1.54, 1.807) is 0 Å².